The van der Waals surface area contributed by atoms with Crippen molar-refractivity contribution in [2.45, 2.75) is 38.3 Å². The molecule has 1 unspecified atom stereocenters. The van der Waals surface area contributed by atoms with Crippen molar-refractivity contribution in [1.82, 2.24) is 10.1 Å². The van der Waals surface area contributed by atoms with Crippen LogP contribution < -0.4 is 10.2 Å². The number of hydrogen-bond acceptors (Lipinski definition) is 5. The highest BCUT2D eigenvalue weighted by molar-refractivity contribution is 5.72. The summed E-state index contributed by atoms with van der Waals surface area (Å²) in [6, 6.07) is 8.77. The highest BCUT2D eigenvalue weighted by Gasteiger charge is 2.30. The summed E-state index contributed by atoms with van der Waals surface area (Å²) in [5, 5.41) is 7.55. The average Bonchev–Trinajstić information content (AvgIpc) is 3.22. The lowest BCUT2D eigenvalue weighted by atomic mass is 10.1. The third-order valence-electron chi connectivity index (χ3n) is 4.07. The normalized spacial score (nSPS) is 21.4. The van der Waals surface area contributed by atoms with E-state index >= 15 is 0 Å². The highest BCUT2D eigenvalue weighted by Crippen LogP contribution is 2.38. The minimum atomic E-state index is 0.404. The van der Waals surface area contributed by atoms with Crippen molar-refractivity contribution in [2.75, 3.05) is 16.8 Å². The minimum Gasteiger partial charge on any atom is -0.381 e. The maximum atomic E-state index is 5.41. The van der Waals surface area contributed by atoms with Gasteiger partial charge in [0.15, 0.2) is 5.82 Å². The largest absolute Gasteiger partial charge is 0.381 e. The molecule has 5 nitrogen and oxygen atoms in total. The van der Waals surface area contributed by atoms with E-state index in [0.717, 1.165) is 18.3 Å². The zero-order valence-corrected chi connectivity index (χ0v) is 11.5. The van der Waals surface area contributed by atoms with E-state index in [1.165, 1.54) is 24.2 Å². The van der Waals surface area contributed by atoms with Crippen LogP contribution in [-0.4, -0.2) is 22.7 Å². The second kappa shape index (κ2) is 4.51. The molecular formula is C15H18N4O. The van der Waals surface area contributed by atoms with Gasteiger partial charge in [0.1, 0.15) is 0 Å². The van der Waals surface area contributed by atoms with Gasteiger partial charge < -0.3 is 14.7 Å². The Hall–Kier alpha value is -2.04. The lowest BCUT2D eigenvalue weighted by Gasteiger charge is -2.36. The molecule has 0 radical (unpaired) electrons. The van der Waals surface area contributed by atoms with Gasteiger partial charge in [-0.3, -0.25) is 0 Å². The molecular weight excluding hydrogens is 252 g/mol. The maximum absolute atomic E-state index is 5.41. The van der Waals surface area contributed by atoms with Crippen LogP contribution in [0.1, 0.15) is 37.4 Å². The van der Waals surface area contributed by atoms with Crippen molar-refractivity contribution >= 4 is 11.4 Å². The molecule has 1 aromatic carbocycles. The monoisotopic (exact) mass is 270 g/mol. The Bertz CT molecular complexity index is 620. The topological polar surface area (TPSA) is 54.2 Å². The molecule has 4 rings (SSSR count). The summed E-state index contributed by atoms with van der Waals surface area (Å²) >= 11 is 0. The Morgan fingerprint density at radius 1 is 1.35 bits per heavy atom. The number of fused-ring (bicyclic) bond motifs is 1. The lowest BCUT2D eigenvalue weighted by molar-refractivity contribution is 0.367. The molecule has 1 aliphatic carbocycles. The van der Waals surface area contributed by atoms with Gasteiger partial charge in [-0.25, -0.2) is 0 Å². The predicted octanol–water partition coefficient (Wildman–Crippen LogP) is 2.77. The number of nitrogens with one attached hydrogen (secondary N) is 1. The first-order valence-corrected chi connectivity index (χ1v) is 7.23. The SMILES string of the molecule is CC1CNc2ccccc2N1Cc1nc(C2CC2)no1. The van der Waals surface area contributed by atoms with Crippen molar-refractivity contribution in [3.63, 3.8) is 0 Å². The van der Waals surface area contributed by atoms with Gasteiger partial charge in [-0.15, -0.1) is 0 Å². The van der Waals surface area contributed by atoms with E-state index in [9.17, 15) is 0 Å². The van der Waals surface area contributed by atoms with E-state index in [1.54, 1.807) is 0 Å². The minimum absolute atomic E-state index is 0.404. The van der Waals surface area contributed by atoms with Crippen LogP contribution in [0, 0.1) is 0 Å². The smallest absolute Gasteiger partial charge is 0.246 e. The first-order chi connectivity index (χ1) is 9.81. The molecule has 1 atom stereocenters. The van der Waals surface area contributed by atoms with Gasteiger partial charge in [-0.1, -0.05) is 17.3 Å². The van der Waals surface area contributed by atoms with E-state index < -0.39 is 0 Å². The summed E-state index contributed by atoms with van der Waals surface area (Å²) in [6.45, 7) is 3.82. The molecule has 1 aliphatic heterocycles. The molecule has 0 bridgehead atoms. The summed E-state index contributed by atoms with van der Waals surface area (Å²) < 4.78 is 5.41. The Kier molecular flexibility index (Phi) is 2.65. The molecule has 1 saturated carbocycles. The third-order valence-corrected chi connectivity index (χ3v) is 4.07. The second-order valence-corrected chi connectivity index (χ2v) is 5.70. The van der Waals surface area contributed by atoms with Gasteiger partial charge in [0.05, 0.1) is 17.9 Å². The third kappa shape index (κ3) is 2.03. The Morgan fingerprint density at radius 2 is 2.20 bits per heavy atom. The van der Waals surface area contributed by atoms with E-state index in [0.29, 0.717) is 18.5 Å². The van der Waals surface area contributed by atoms with Crippen molar-refractivity contribution in [3.8, 4) is 0 Å². The first kappa shape index (κ1) is 11.8. The van der Waals surface area contributed by atoms with Crippen LogP contribution in [-0.2, 0) is 6.54 Å². The van der Waals surface area contributed by atoms with E-state index in [-0.39, 0.29) is 0 Å². The molecule has 104 valence electrons. The number of para-hydroxylation sites is 2. The van der Waals surface area contributed by atoms with Crippen molar-refractivity contribution in [1.29, 1.82) is 0 Å². The number of rotatable bonds is 3. The molecule has 1 fully saturated rings. The molecule has 1 aromatic heterocycles. The quantitative estimate of drug-likeness (QED) is 0.929. The van der Waals surface area contributed by atoms with Crippen LogP contribution in [0.4, 0.5) is 11.4 Å². The van der Waals surface area contributed by atoms with Crippen LogP contribution in [0.2, 0.25) is 0 Å². The number of hydrogen-bond donors (Lipinski definition) is 1. The average molecular weight is 270 g/mol. The Balaban J connectivity index is 1.60. The fourth-order valence-electron chi connectivity index (χ4n) is 2.71. The van der Waals surface area contributed by atoms with Gasteiger partial charge in [0, 0.05) is 18.5 Å². The van der Waals surface area contributed by atoms with Gasteiger partial charge >= 0.3 is 0 Å². The number of benzene rings is 1. The summed E-state index contributed by atoms with van der Waals surface area (Å²) in [7, 11) is 0. The van der Waals surface area contributed by atoms with Gasteiger partial charge in [-0.2, -0.15) is 4.98 Å². The fourth-order valence-corrected chi connectivity index (χ4v) is 2.71. The Morgan fingerprint density at radius 3 is 3.05 bits per heavy atom. The van der Waals surface area contributed by atoms with Crippen molar-refractivity contribution in [2.24, 2.45) is 0 Å². The van der Waals surface area contributed by atoms with E-state index in [1.807, 2.05) is 0 Å². The van der Waals surface area contributed by atoms with Crippen LogP contribution in [0.5, 0.6) is 0 Å². The first-order valence-electron chi connectivity index (χ1n) is 7.23. The number of anilines is 2. The van der Waals surface area contributed by atoms with Crippen molar-refractivity contribution in [3.05, 3.63) is 36.0 Å². The van der Waals surface area contributed by atoms with Crippen LogP contribution in [0.3, 0.4) is 0 Å². The molecule has 5 heteroatoms. The number of aromatic nitrogens is 2. The van der Waals surface area contributed by atoms with Crippen LogP contribution in [0.25, 0.3) is 0 Å². The zero-order valence-electron chi connectivity index (χ0n) is 11.5. The fraction of sp³-hybridized carbons (Fsp3) is 0.467. The highest BCUT2D eigenvalue weighted by atomic mass is 16.5. The van der Waals surface area contributed by atoms with Gasteiger partial charge in [0.2, 0.25) is 5.89 Å². The molecule has 1 N–H and O–H groups in total. The summed E-state index contributed by atoms with van der Waals surface area (Å²) in [6.07, 6.45) is 2.40. The molecule has 0 spiro atoms. The summed E-state index contributed by atoms with van der Waals surface area (Å²) in [5.74, 6) is 2.15. The second-order valence-electron chi connectivity index (χ2n) is 5.70. The molecule has 20 heavy (non-hydrogen) atoms. The summed E-state index contributed by atoms with van der Waals surface area (Å²) in [5.41, 5.74) is 2.38. The molecule has 2 heterocycles. The molecule has 2 aliphatic rings. The summed E-state index contributed by atoms with van der Waals surface area (Å²) in [4.78, 5) is 6.86. The molecule has 0 amide bonds. The van der Waals surface area contributed by atoms with Gasteiger partial charge in [0.25, 0.3) is 0 Å². The molecule has 2 aromatic rings. The molecule has 0 saturated heterocycles. The Labute approximate surface area is 118 Å². The van der Waals surface area contributed by atoms with Crippen LogP contribution in [0.15, 0.2) is 28.8 Å². The standard InChI is InChI=1S/C15H18N4O/c1-10-8-16-12-4-2-3-5-13(12)19(10)9-14-17-15(18-20-14)11-6-7-11/h2-5,10-11,16H,6-9H2,1H3. The number of nitrogens with zero attached hydrogens (tertiary/aromatic N) is 3. The lowest BCUT2D eigenvalue weighted by Crippen LogP contribution is -2.41. The van der Waals surface area contributed by atoms with Crippen molar-refractivity contribution < 1.29 is 4.52 Å². The van der Waals surface area contributed by atoms with E-state index in [4.69, 9.17) is 4.52 Å². The van der Waals surface area contributed by atoms with Gasteiger partial charge in [-0.05, 0) is 31.9 Å². The zero-order chi connectivity index (χ0) is 13.5. The predicted molar refractivity (Wildman–Crippen MR) is 76.8 cm³/mol. The van der Waals surface area contributed by atoms with Crippen LogP contribution >= 0.6 is 0 Å². The maximum Gasteiger partial charge on any atom is 0.246 e. The van der Waals surface area contributed by atoms with E-state index in [2.05, 4.69) is 51.5 Å².